The van der Waals surface area contributed by atoms with Crippen molar-refractivity contribution in [2.75, 3.05) is 0 Å². The lowest BCUT2D eigenvalue weighted by molar-refractivity contribution is 0.588. The predicted molar refractivity (Wildman–Crippen MR) is 87.5 cm³/mol. The summed E-state index contributed by atoms with van der Waals surface area (Å²) in [5.41, 5.74) is 1.63. The molecule has 0 radical (unpaired) electrons. The van der Waals surface area contributed by atoms with Crippen molar-refractivity contribution in [2.45, 2.75) is 33.4 Å². The number of hydrogen-bond donors (Lipinski definition) is 0. The van der Waals surface area contributed by atoms with Gasteiger partial charge in [-0.25, -0.2) is 0 Å². The number of halogens is 3. The Labute approximate surface area is 139 Å². The minimum absolute atomic E-state index is 0.0915. The molecule has 7 heteroatoms. The molecule has 0 aliphatic rings. The number of nitrogens with zero attached hydrogens (tertiary/aromatic N) is 3. The molecule has 0 aromatic carbocycles. The van der Waals surface area contributed by atoms with Crippen molar-refractivity contribution in [2.24, 2.45) is 0 Å². The fourth-order valence-corrected chi connectivity index (χ4v) is 3.60. The highest BCUT2D eigenvalue weighted by Gasteiger charge is 2.15. The predicted octanol–water partition coefficient (Wildman–Crippen LogP) is 3.85. The molecule has 0 aliphatic carbocycles. The van der Waals surface area contributed by atoms with E-state index in [0.29, 0.717) is 16.0 Å². The van der Waals surface area contributed by atoms with Crippen LogP contribution < -0.4 is 5.56 Å². The molecule has 0 fully saturated rings. The number of hydrogen-bond acceptors (Lipinski definition) is 2. The van der Waals surface area contributed by atoms with E-state index in [4.69, 9.17) is 11.6 Å². The van der Waals surface area contributed by atoms with Crippen molar-refractivity contribution in [1.82, 2.24) is 14.3 Å². The summed E-state index contributed by atoms with van der Waals surface area (Å²) in [5.74, 6) is 0. The van der Waals surface area contributed by atoms with Gasteiger partial charge in [0.05, 0.1) is 27.4 Å². The fraction of sp³-hybridized carbons (Fsp3) is 0.385. The lowest BCUT2D eigenvalue weighted by atomic mass is 10.3. The van der Waals surface area contributed by atoms with Crippen LogP contribution in [0.4, 0.5) is 0 Å². The second-order valence-electron chi connectivity index (χ2n) is 4.32. The Morgan fingerprint density at radius 3 is 2.65 bits per heavy atom. The Morgan fingerprint density at radius 2 is 2.05 bits per heavy atom. The molecule has 0 aliphatic heterocycles. The van der Waals surface area contributed by atoms with Crippen molar-refractivity contribution in [3.63, 3.8) is 0 Å². The molecule has 0 unspecified atom stereocenters. The van der Waals surface area contributed by atoms with Gasteiger partial charge in [-0.2, -0.15) is 5.10 Å². The maximum absolute atomic E-state index is 12.1. The minimum atomic E-state index is -0.0915. The molecular weight excluding hydrogens is 409 g/mol. The standard InChI is InChI=1S/C13H14Br2ClN3O/c1-3-10-12(16)11(19(4-2)17-10)7-18-6-8(14)5-9(15)13(18)20/h5-6H,3-4,7H2,1-2H3. The topological polar surface area (TPSA) is 39.8 Å². The van der Waals surface area contributed by atoms with E-state index in [2.05, 4.69) is 37.0 Å². The van der Waals surface area contributed by atoms with Gasteiger partial charge in [-0.05, 0) is 51.3 Å². The highest BCUT2D eigenvalue weighted by molar-refractivity contribution is 9.11. The van der Waals surface area contributed by atoms with Gasteiger partial charge in [0, 0.05) is 17.2 Å². The zero-order valence-electron chi connectivity index (χ0n) is 11.2. The Kier molecular flexibility index (Phi) is 5.09. The fourth-order valence-electron chi connectivity index (χ4n) is 2.01. The average Bonchev–Trinajstić information content (AvgIpc) is 2.72. The van der Waals surface area contributed by atoms with Crippen molar-refractivity contribution >= 4 is 43.5 Å². The molecule has 0 bridgehead atoms. The second kappa shape index (κ2) is 6.45. The number of aromatic nitrogens is 3. The Hall–Kier alpha value is -0.590. The lowest BCUT2D eigenvalue weighted by Gasteiger charge is -2.09. The van der Waals surface area contributed by atoms with Crippen LogP contribution in [0, 0.1) is 0 Å². The van der Waals surface area contributed by atoms with Gasteiger partial charge in [-0.3, -0.25) is 9.48 Å². The van der Waals surface area contributed by atoms with E-state index in [-0.39, 0.29) is 5.56 Å². The maximum Gasteiger partial charge on any atom is 0.265 e. The van der Waals surface area contributed by atoms with E-state index < -0.39 is 0 Å². The number of rotatable bonds is 4. The summed E-state index contributed by atoms with van der Waals surface area (Å²) in [4.78, 5) is 12.1. The van der Waals surface area contributed by atoms with Crippen LogP contribution in [-0.4, -0.2) is 14.3 Å². The second-order valence-corrected chi connectivity index (χ2v) is 6.46. The van der Waals surface area contributed by atoms with E-state index in [9.17, 15) is 4.79 Å². The Bertz CT molecular complexity index is 694. The maximum atomic E-state index is 12.1. The molecular formula is C13H14Br2ClN3O. The van der Waals surface area contributed by atoms with Crippen molar-refractivity contribution in [3.05, 3.63) is 48.0 Å². The zero-order valence-corrected chi connectivity index (χ0v) is 15.1. The van der Waals surface area contributed by atoms with Gasteiger partial charge in [0.1, 0.15) is 0 Å². The smallest absolute Gasteiger partial charge is 0.265 e. The zero-order chi connectivity index (χ0) is 14.9. The SMILES string of the molecule is CCc1nn(CC)c(Cn2cc(Br)cc(Br)c2=O)c1Cl. The first kappa shape index (κ1) is 15.8. The van der Waals surface area contributed by atoms with Crippen LogP contribution in [0.3, 0.4) is 0 Å². The molecule has 0 spiro atoms. The highest BCUT2D eigenvalue weighted by atomic mass is 79.9. The molecule has 2 aromatic heterocycles. The van der Waals surface area contributed by atoms with Crippen LogP contribution >= 0.6 is 43.5 Å². The van der Waals surface area contributed by atoms with Gasteiger partial charge in [-0.15, -0.1) is 0 Å². The molecule has 2 heterocycles. The van der Waals surface area contributed by atoms with Crippen molar-refractivity contribution in [3.8, 4) is 0 Å². The normalized spacial score (nSPS) is 11.1. The molecule has 108 valence electrons. The van der Waals surface area contributed by atoms with Crippen LogP contribution in [-0.2, 0) is 19.5 Å². The minimum Gasteiger partial charge on any atom is -0.307 e. The van der Waals surface area contributed by atoms with Crippen LogP contribution in [0.15, 0.2) is 26.0 Å². The summed E-state index contributed by atoms with van der Waals surface area (Å²) in [6, 6.07) is 1.73. The summed E-state index contributed by atoms with van der Waals surface area (Å²) in [6.07, 6.45) is 2.53. The van der Waals surface area contributed by atoms with E-state index in [1.807, 2.05) is 18.5 Å². The van der Waals surface area contributed by atoms with Gasteiger partial charge >= 0.3 is 0 Å². The summed E-state index contributed by atoms with van der Waals surface area (Å²) in [5, 5.41) is 5.11. The first-order valence-electron chi connectivity index (χ1n) is 6.27. The van der Waals surface area contributed by atoms with E-state index in [1.54, 1.807) is 16.8 Å². The summed E-state index contributed by atoms with van der Waals surface area (Å²) >= 11 is 13.0. The first-order valence-corrected chi connectivity index (χ1v) is 8.23. The summed E-state index contributed by atoms with van der Waals surface area (Å²) < 4.78 is 4.81. The monoisotopic (exact) mass is 421 g/mol. The third-order valence-corrected chi connectivity index (χ3v) is 4.46. The summed E-state index contributed by atoms with van der Waals surface area (Å²) in [7, 11) is 0. The molecule has 0 N–H and O–H groups in total. The van der Waals surface area contributed by atoms with Gasteiger partial charge < -0.3 is 4.57 Å². The van der Waals surface area contributed by atoms with E-state index in [1.165, 1.54) is 0 Å². The average molecular weight is 424 g/mol. The Morgan fingerprint density at radius 1 is 1.35 bits per heavy atom. The van der Waals surface area contributed by atoms with Gasteiger partial charge in [-0.1, -0.05) is 18.5 Å². The molecule has 0 atom stereocenters. The molecule has 20 heavy (non-hydrogen) atoms. The quantitative estimate of drug-likeness (QED) is 0.749. The molecule has 0 amide bonds. The number of pyridine rings is 1. The molecule has 0 saturated heterocycles. The van der Waals surface area contributed by atoms with Gasteiger partial charge in [0.2, 0.25) is 0 Å². The summed E-state index contributed by atoms with van der Waals surface area (Å²) in [6.45, 7) is 5.14. The third kappa shape index (κ3) is 3.02. The number of aryl methyl sites for hydroxylation is 2. The van der Waals surface area contributed by atoms with Crippen LogP contribution in [0.25, 0.3) is 0 Å². The van der Waals surface area contributed by atoms with Crippen LogP contribution in [0.1, 0.15) is 25.2 Å². The van der Waals surface area contributed by atoms with E-state index >= 15 is 0 Å². The van der Waals surface area contributed by atoms with Crippen molar-refractivity contribution < 1.29 is 0 Å². The lowest BCUT2D eigenvalue weighted by Crippen LogP contribution is -2.22. The first-order chi connectivity index (χ1) is 9.47. The molecule has 2 aromatic rings. The van der Waals surface area contributed by atoms with E-state index in [0.717, 1.165) is 28.8 Å². The van der Waals surface area contributed by atoms with Gasteiger partial charge in [0.15, 0.2) is 0 Å². The van der Waals surface area contributed by atoms with Crippen molar-refractivity contribution in [1.29, 1.82) is 0 Å². The largest absolute Gasteiger partial charge is 0.307 e. The van der Waals surface area contributed by atoms with Crippen LogP contribution in [0.5, 0.6) is 0 Å². The van der Waals surface area contributed by atoms with Crippen LogP contribution in [0.2, 0.25) is 5.02 Å². The van der Waals surface area contributed by atoms with Gasteiger partial charge in [0.25, 0.3) is 5.56 Å². The molecule has 2 rings (SSSR count). The molecule has 0 saturated carbocycles. The highest BCUT2D eigenvalue weighted by Crippen LogP contribution is 2.23. The third-order valence-electron chi connectivity index (χ3n) is 3.02. The Balaban J connectivity index is 2.50. The molecule has 4 nitrogen and oxygen atoms in total.